The molecule has 16 nitrogen and oxygen atoms in total. The summed E-state index contributed by atoms with van der Waals surface area (Å²) in [6.07, 6.45) is 2.07. The second-order valence-corrected chi connectivity index (χ2v) is 12.1. The number of thioether (sulfide) groups is 1. The standard InChI is InChI=1S/C24H28ClN9O7S2/c1-10(22(37)38)41-32-15(14-18(25)43-24(27)31-14)19(35)30-16-20(36)34-17(23(39)40)11(9-42-21(16)34)7-33-6-3-12(26)13(8-33)29-5-4-28-2/h3,6,8,10,16,21,26,28-29H,4-5,7,9H2,1-2H3,(H5,27,30,31,35,37,38,39,40)/p+1/b32-15-/t10-,16?,21?/m0/s1. The van der Waals surface area contributed by atoms with Crippen LogP contribution in [0.2, 0.25) is 4.34 Å². The number of aliphatic carboxylic acids is 2. The smallest absolute Gasteiger partial charge is 0.352 e. The number of carbonyl (C=O) groups is 4. The molecule has 2 amide bonds. The highest BCUT2D eigenvalue weighted by atomic mass is 35.5. The molecular formula is C24H29ClN9O7S2+. The highest BCUT2D eigenvalue weighted by Gasteiger charge is 2.55. The molecule has 1 fully saturated rings. The molecule has 2 aromatic rings. The fourth-order valence-electron chi connectivity index (χ4n) is 4.18. The Morgan fingerprint density at radius 1 is 1.33 bits per heavy atom. The number of aromatic nitrogens is 2. The van der Waals surface area contributed by atoms with Crippen LogP contribution in [0, 0.1) is 0 Å². The Kier molecular flexibility index (Phi) is 9.95. The van der Waals surface area contributed by atoms with Crippen LogP contribution < -0.4 is 32.0 Å². The van der Waals surface area contributed by atoms with Crippen molar-refractivity contribution in [2.24, 2.45) is 5.16 Å². The third-order valence-corrected chi connectivity index (χ3v) is 8.77. The van der Waals surface area contributed by atoms with Crippen molar-refractivity contribution in [2.45, 2.75) is 31.0 Å². The Morgan fingerprint density at radius 3 is 2.70 bits per heavy atom. The SMILES string of the molecule is CNCCNc1c[n+](CC2=C(C(=O)O)N3C(=O)C(NC(=O)/C(=N\O[C@@H](C)C(=O)O)c4nc(N)sc4Cl)C3SC2)ccc1N. The number of oxime groups is 1. The number of pyridine rings is 1. The Balaban J connectivity index is 1.54. The number of β-lactam (4-membered cyclic amide) rings is 1. The van der Waals surface area contributed by atoms with Crippen molar-refractivity contribution in [3.05, 3.63) is 39.8 Å². The molecule has 9 N–H and O–H groups in total. The summed E-state index contributed by atoms with van der Waals surface area (Å²) in [6.45, 7) is 2.72. The van der Waals surface area contributed by atoms with Gasteiger partial charge in [0.2, 0.25) is 6.10 Å². The lowest BCUT2D eigenvalue weighted by Gasteiger charge is -2.49. The van der Waals surface area contributed by atoms with Gasteiger partial charge in [0.25, 0.3) is 11.8 Å². The van der Waals surface area contributed by atoms with Crippen molar-refractivity contribution < 1.29 is 38.8 Å². The van der Waals surface area contributed by atoms with Crippen LogP contribution in [0.1, 0.15) is 12.6 Å². The first-order chi connectivity index (χ1) is 20.4. The van der Waals surface area contributed by atoms with Crippen molar-refractivity contribution >= 4 is 80.7 Å². The summed E-state index contributed by atoms with van der Waals surface area (Å²) < 4.78 is 1.76. The third kappa shape index (κ3) is 6.93. The first-order valence-electron chi connectivity index (χ1n) is 12.7. The predicted octanol–water partition coefficient (Wildman–Crippen LogP) is -0.488. The first-order valence-corrected chi connectivity index (χ1v) is 14.9. The molecule has 1 saturated heterocycles. The summed E-state index contributed by atoms with van der Waals surface area (Å²) >= 11 is 8.28. The van der Waals surface area contributed by atoms with Crippen molar-refractivity contribution in [3.8, 4) is 0 Å². The maximum absolute atomic E-state index is 13.2. The number of carbonyl (C=O) groups excluding carboxylic acids is 2. The maximum Gasteiger partial charge on any atom is 0.352 e. The van der Waals surface area contributed by atoms with Crippen LogP contribution in [-0.4, -0.2) is 93.0 Å². The fraction of sp³-hybridized carbons (Fsp3) is 0.375. The summed E-state index contributed by atoms with van der Waals surface area (Å²) in [7, 11) is 1.83. The van der Waals surface area contributed by atoms with Crippen LogP contribution in [0.4, 0.5) is 16.5 Å². The lowest BCUT2D eigenvalue weighted by atomic mass is 10.0. The number of carboxylic acid groups (broad SMARTS) is 2. The lowest BCUT2D eigenvalue weighted by molar-refractivity contribution is -0.688. The number of anilines is 3. The zero-order valence-corrected chi connectivity index (χ0v) is 25.3. The van der Waals surface area contributed by atoms with Gasteiger partial charge in [-0.15, -0.1) is 11.8 Å². The lowest BCUT2D eigenvalue weighted by Crippen LogP contribution is -2.71. The van der Waals surface area contributed by atoms with Crippen LogP contribution in [0.25, 0.3) is 0 Å². The predicted molar refractivity (Wildman–Crippen MR) is 159 cm³/mol. The fourth-order valence-corrected chi connectivity index (χ4v) is 6.45. The van der Waals surface area contributed by atoms with Crippen LogP contribution in [0.15, 0.2) is 34.9 Å². The van der Waals surface area contributed by atoms with Crippen molar-refractivity contribution in [2.75, 3.05) is 42.7 Å². The number of nitrogens with one attached hydrogen (secondary N) is 3. The van der Waals surface area contributed by atoms with Gasteiger partial charge in [-0.25, -0.2) is 14.6 Å². The van der Waals surface area contributed by atoms with Gasteiger partial charge in [-0.05, 0) is 14.0 Å². The zero-order valence-electron chi connectivity index (χ0n) is 22.9. The molecule has 230 valence electrons. The number of carboxylic acids is 2. The van der Waals surface area contributed by atoms with Gasteiger partial charge >= 0.3 is 11.9 Å². The molecule has 0 bridgehead atoms. The van der Waals surface area contributed by atoms with Crippen LogP contribution in [0.3, 0.4) is 0 Å². The number of thiazole rings is 1. The average Bonchev–Trinajstić information content (AvgIpc) is 3.29. The van der Waals surface area contributed by atoms with E-state index in [9.17, 15) is 24.3 Å². The number of hydrogen-bond acceptors (Lipinski definition) is 13. The molecule has 4 rings (SSSR count). The van der Waals surface area contributed by atoms with Crippen LogP contribution >= 0.6 is 34.7 Å². The Labute approximate surface area is 258 Å². The number of nitrogens with zero attached hydrogens (tertiary/aromatic N) is 4. The minimum Gasteiger partial charge on any atom is -0.478 e. The first kappa shape index (κ1) is 31.8. The normalized spacial score (nSPS) is 18.9. The molecule has 3 atom stereocenters. The van der Waals surface area contributed by atoms with Gasteiger partial charge < -0.3 is 42.5 Å². The van der Waals surface area contributed by atoms with E-state index < -0.39 is 47.0 Å². The average molecular weight is 655 g/mol. The number of likely N-dealkylation sites (N-methyl/N-ethyl adjacent to an activating group) is 1. The topological polar surface area (TPSA) is 238 Å². The number of fused-ring (bicyclic) bond motifs is 1. The Bertz CT molecular complexity index is 1520. The van der Waals surface area contributed by atoms with Gasteiger partial charge in [0.05, 0.1) is 5.69 Å². The summed E-state index contributed by atoms with van der Waals surface area (Å²) in [4.78, 5) is 60.0. The highest BCUT2D eigenvalue weighted by molar-refractivity contribution is 8.00. The Hall–Kier alpha value is -4.13. The summed E-state index contributed by atoms with van der Waals surface area (Å²) in [6, 6.07) is 0.585. The quantitative estimate of drug-likeness (QED) is 0.0475. The van der Waals surface area contributed by atoms with E-state index >= 15 is 0 Å². The molecule has 0 spiro atoms. The largest absolute Gasteiger partial charge is 0.478 e. The second-order valence-electron chi connectivity index (χ2n) is 9.33. The molecule has 0 saturated carbocycles. The summed E-state index contributed by atoms with van der Waals surface area (Å²) in [5.41, 5.74) is 12.6. The van der Waals surface area contributed by atoms with Gasteiger partial charge in [0.1, 0.15) is 32.8 Å². The van der Waals surface area contributed by atoms with E-state index in [1.807, 2.05) is 7.05 Å². The summed E-state index contributed by atoms with van der Waals surface area (Å²) in [5, 5.41) is 30.9. The van der Waals surface area contributed by atoms with E-state index in [4.69, 9.17) is 33.0 Å². The van der Waals surface area contributed by atoms with E-state index in [0.29, 0.717) is 30.0 Å². The third-order valence-electron chi connectivity index (χ3n) is 6.34. The number of hydrogen-bond donors (Lipinski definition) is 7. The molecule has 2 aliphatic heterocycles. The van der Waals surface area contributed by atoms with Gasteiger partial charge in [-0.2, -0.15) is 4.57 Å². The van der Waals surface area contributed by atoms with Crippen molar-refractivity contribution in [1.29, 1.82) is 0 Å². The minimum atomic E-state index is -1.41. The van der Waals surface area contributed by atoms with Gasteiger partial charge in [-0.1, -0.05) is 28.1 Å². The van der Waals surface area contributed by atoms with E-state index in [1.165, 1.54) is 18.7 Å². The molecule has 2 aliphatic rings. The van der Waals surface area contributed by atoms with E-state index in [1.54, 1.807) is 23.0 Å². The molecule has 43 heavy (non-hydrogen) atoms. The molecule has 0 aromatic carbocycles. The summed E-state index contributed by atoms with van der Waals surface area (Å²) in [5.74, 6) is -3.95. The Morgan fingerprint density at radius 2 is 2.07 bits per heavy atom. The number of nitrogens with two attached hydrogens (primary N) is 2. The van der Waals surface area contributed by atoms with E-state index in [0.717, 1.165) is 16.2 Å². The molecule has 19 heteroatoms. The van der Waals surface area contributed by atoms with E-state index in [2.05, 4.69) is 26.1 Å². The molecule has 2 aromatic heterocycles. The van der Waals surface area contributed by atoms with Gasteiger partial charge in [-0.3, -0.25) is 14.5 Å². The van der Waals surface area contributed by atoms with Gasteiger partial charge in [0, 0.05) is 30.5 Å². The second kappa shape index (κ2) is 13.4. The van der Waals surface area contributed by atoms with Gasteiger partial charge in [0.15, 0.2) is 29.8 Å². The minimum absolute atomic E-state index is 0.00660. The molecule has 2 unspecified atom stereocenters. The number of amides is 2. The highest BCUT2D eigenvalue weighted by Crippen LogP contribution is 2.40. The van der Waals surface area contributed by atoms with Crippen LogP contribution in [-0.2, 0) is 30.6 Å². The number of nitrogen functional groups attached to an aromatic ring is 2. The van der Waals surface area contributed by atoms with Crippen molar-refractivity contribution in [1.82, 2.24) is 20.5 Å². The van der Waals surface area contributed by atoms with Crippen LogP contribution in [0.5, 0.6) is 0 Å². The molecule has 0 radical (unpaired) electrons. The maximum atomic E-state index is 13.2. The zero-order chi connectivity index (χ0) is 31.4. The van der Waals surface area contributed by atoms with Crippen molar-refractivity contribution in [3.63, 3.8) is 0 Å². The monoisotopic (exact) mass is 654 g/mol. The molecule has 4 heterocycles. The van der Waals surface area contributed by atoms with E-state index in [-0.39, 0.29) is 33.2 Å². The molecular weight excluding hydrogens is 626 g/mol. The molecule has 0 aliphatic carbocycles. The number of halogens is 1. The number of rotatable bonds is 13.